The lowest BCUT2D eigenvalue weighted by atomic mass is 10.0. The number of benzene rings is 1. The van der Waals surface area contributed by atoms with Crippen LogP contribution in [0.2, 0.25) is 0 Å². The van der Waals surface area contributed by atoms with Gasteiger partial charge in [0.15, 0.2) is 0 Å². The van der Waals surface area contributed by atoms with Crippen LogP contribution < -0.4 is 0 Å². The second-order valence-corrected chi connectivity index (χ2v) is 6.40. The molecule has 1 unspecified atom stereocenters. The Bertz CT molecular complexity index is 630. The van der Waals surface area contributed by atoms with Crippen molar-refractivity contribution >= 4 is 27.3 Å². The summed E-state index contributed by atoms with van der Waals surface area (Å²) in [6, 6.07) is 8.96. The van der Waals surface area contributed by atoms with Gasteiger partial charge in [0.2, 0.25) is 5.91 Å². The van der Waals surface area contributed by atoms with E-state index in [0.29, 0.717) is 18.4 Å². The molecule has 2 aromatic rings. The molecule has 2 aliphatic rings. The fraction of sp³-hybridized carbons (Fsp3) is 0.400. The molecule has 1 aromatic heterocycles. The van der Waals surface area contributed by atoms with Crippen LogP contribution in [0.1, 0.15) is 23.3 Å². The molecule has 0 bridgehead atoms. The normalized spacial score (nSPS) is 23.0. The molecule has 18 heavy (non-hydrogen) atoms. The number of hydrogen-bond donors (Lipinski definition) is 0. The first-order valence-electron chi connectivity index (χ1n) is 6.61. The summed E-state index contributed by atoms with van der Waals surface area (Å²) in [7, 11) is 0. The van der Waals surface area contributed by atoms with Crippen molar-refractivity contribution in [2.24, 2.45) is 0 Å². The van der Waals surface area contributed by atoms with Crippen LogP contribution in [0.15, 0.2) is 24.3 Å². The van der Waals surface area contributed by atoms with Crippen molar-refractivity contribution in [3.05, 3.63) is 34.7 Å². The first kappa shape index (κ1) is 10.6. The SMILES string of the molecule is O=C1Cc2c(sc3ccccc23)CC2CCCN12. The zero-order valence-electron chi connectivity index (χ0n) is 10.2. The van der Waals surface area contributed by atoms with E-state index in [-0.39, 0.29) is 0 Å². The van der Waals surface area contributed by atoms with E-state index in [1.54, 1.807) is 0 Å². The van der Waals surface area contributed by atoms with Crippen LogP contribution in [0.25, 0.3) is 10.1 Å². The van der Waals surface area contributed by atoms with Crippen molar-refractivity contribution in [1.82, 2.24) is 4.90 Å². The predicted molar refractivity (Wildman–Crippen MR) is 74.0 cm³/mol. The predicted octanol–water partition coefficient (Wildman–Crippen LogP) is 2.99. The van der Waals surface area contributed by atoms with Crippen molar-refractivity contribution in [2.45, 2.75) is 31.7 Å². The average molecular weight is 257 g/mol. The number of carbonyl (C=O) groups is 1. The molecule has 0 aliphatic carbocycles. The monoisotopic (exact) mass is 257 g/mol. The third-order valence-corrected chi connectivity index (χ3v) is 5.46. The molecule has 2 aliphatic heterocycles. The maximum Gasteiger partial charge on any atom is 0.227 e. The zero-order chi connectivity index (χ0) is 12.1. The lowest BCUT2D eigenvalue weighted by molar-refractivity contribution is -0.130. The summed E-state index contributed by atoms with van der Waals surface area (Å²) < 4.78 is 1.33. The molecule has 1 atom stereocenters. The molecule has 4 rings (SSSR count). The fourth-order valence-electron chi connectivity index (χ4n) is 3.35. The highest BCUT2D eigenvalue weighted by Crippen LogP contribution is 2.37. The number of carbonyl (C=O) groups excluding carboxylic acids is 1. The van der Waals surface area contributed by atoms with Gasteiger partial charge in [-0.15, -0.1) is 11.3 Å². The maximum atomic E-state index is 12.3. The lowest BCUT2D eigenvalue weighted by Gasteiger charge is -2.21. The van der Waals surface area contributed by atoms with Crippen LogP contribution in [-0.4, -0.2) is 23.4 Å². The zero-order valence-corrected chi connectivity index (χ0v) is 11.0. The Hall–Kier alpha value is -1.35. The summed E-state index contributed by atoms with van der Waals surface area (Å²) in [6.45, 7) is 0.969. The van der Waals surface area contributed by atoms with Crippen LogP contribution in [0, 0.1) is 0 Å². The van der Waals surface area contributed by atoms with Gasteiger partial charge in [-0.2, -0.15) is 0 Å². The molecule has 0 saturated carbocycles. The minimum Gasteiger partial charge on any atom is -0.339 e. The van der Waals surface area contributed by atoms with E-state index >= 15 is 0 Å². The Balaban J connectivity index is 1.88. The van der Waals surface area contributed by atoms with Gasteiger partial charge in [-0.3, -0.25) is 4.79 Å². The molecule has 1 amide bonds. The van der Waals surface area contributed by atoms with E-state index in [1.807, 2.05) is 11.3 Å². The van der Waals surface area contributed by atoms with E-state index in [0.717, 1.165) is 13.0 Å². The molecule has 0 N–H and O–H groups in total. The Morgan fingerprint density at radius 2 is 2.17 bits per heavy atom. The molecule has 1 saturated heterocycles. The van der Waals surface area contributed by atoms with E-state index in [1.165, 1.54) is 33.4 Å². The minimum absolute atomic E-state index is 0.333. The highest BCUT2D eigenvalue weighted by Gasteiger charge is 2.33. The molecule has 3 heteroatoms. The van der Waals surface area contributed by atoms with Gasteiger partial charge in [0.25, 0.3) is 0 Å². The quantitative estimate of drug-likeness (QED) is 0.710. The Morgan fingerprint density at radius 3 is 3.11 bits per heavy atom. The Labute approximate surface area is 110 Å². The molecule has 2 nitrogen and oxygen atoms in total. The summed E-state index contributed by atoms with van der Waals surface area (Å²) in [6.07, 6.45) is 4.03. The third kappa shape index (κ3) is 1.43. The van der Waals surface area contributed by atoms with Crippen molar-refractivity contribution in [3.8, 4) is 0 Å². The van der Waals surface area contributed by atoms with Gasteiger partial charge in [0, 0.05) is 28.6 Å². The molecule has 0 radical (unpaired) electrons. The summed E-state index contributed by atoms with van der Waals surface area (Å²) in [4.78, 5) is 15.9. The minimum atomic E-state index is 0.333. The van der Waals surface area contributed by atoms with Crippen LogP contribution >= 0.6 is 11.3 Å². The first-order chi connectivity index (χ1) is 8.83. The van der Waals surface area contributed by atoms with E-state index in [2.05, 4.69) is 29.2 Å². The lowest BCUT2D eigenvalue weighted by Crippen LogP contribution is -2.35. The average Bonchev–Trinajstić information content (AvgIpc) is 2.93. The van der Waals surface area contributed by atoms with Crippen LogP contribution in [-0.2, 0) is 17.6 Å². The van der Waals surface area contributed by atoms with E-state index in [9.17, 15) is 4.79 Å². The Morgan fingerprint density at radius 1 is 1.28 bits per heavy atom. The fourth-order valence-corrected chi connectivity index (χ4v) is 4.65. The van der Waals surface area contributed by atoms with Gasteiger partial charge < -0.3 is 4.90 Å². The van der Waals surface area contributed by atoms with Gasteiger partial charge in [0.1, 0.15) is 0 Å². The summed E-state index contributed by atoms with van der Waals surface area (Å²) in [5, 5.41) is 1.30. The largest absolute Gasteiger partial charge is 0.339 e. The molecular formula is C15H15NOS. The van der Waals surface area contributed by atoms with E-state index in [4.69, 9.17) is 0 Å². The van der Waals surface area contributed by atoms with Gasteiger partial charge in [0.05, 0.1) is 6.42 Å². The standard InChI is InChI=1S/C15H15NOS/c17-15-9-12-11-5-1-2-6-13(11)18-14(12)8-10-4-3-7-16(10)15/h1-2,5-6,10H,3-4,7-9H2. The van der Waals surface area contributed by atoms with Crippen molar-refractivity contribution < 1.29 is 4.79 Å². The highest BCUT2D eigenvalue weighted by atomic mass is 32.1. The van der Waals surface area contributed by atoms with Crippen molar-refractivity contribution in [2.75, 3.05) is 6.54 Å². The van der Waals surface area contributed by atoms with Gasteiger partial charge >= 0.3 is 0 Å². The van der Waals surface area contributed by atoms with E-state index < -0.39 is 0 Å². The summed E-state index contributed by atoms with van der Waals surface area (Å²) in [5.74, 6) is 0.333. The van der Waals surface area contributed by atoms with Crippen molar-refractivity contribution in [3.63, 3.8) is 0 Å². The summed E-state index contributed by atoms with van der Waals surface area (Å²) >= 11 is 1.89. The number of nitrogens with zero attached hydrogens (tertiary/aromatic N) is 1. The molecule has 1 aromatic carbocycles. The molecule has 3 heterocycles. The second-order valence-electron chi connectivity index (χ2n) is 5.26. The third-order valence-electron chi connectivity index (χ3n) is 4.23. The highest BCUT2D eigenvalue weighted by molar-refractivity contribution is 7.19. The van der Waals surface area contributed by atoms with Gasteiger partial charge in [-0.25, -0.2) is 0 Å². The molecular weight excluding hydrogens is 242 g/mol. The smallest absolute Gasteiger partial charge is 0.227 e. The number of hydrogen-bond acceptors (Lipinski definition) is 2. The number of thiophene rings is 1. The topological polar surface area (TPSA) is 20.3 Å². The maximum absolute atomic E-state index is 12.3. The Kier molecular flexibility index (Phi) is 2.24. The molecule has 92 valence electrons. The number of fused-ring (bicyclic) bond motifs is 4. The van der Waals surface area contributed by atoms with Gasteiger partial charge in [-0.05, 0) is 29.9 Å². The van der Waals surface area contributed by atoms with Crippen LogP contribution in [0.3, 0.4) is 0 Å². The number of rotatable bonds is 0. The van der Waals surface area contributed by atoms with Crippen molar-refractivity contribution in [1.29, 1.82) is 0 Å². The summed E-state index contributed by atoms with van der Waals surface area (Å²) in [5.41, 5.74) is 1.30. The number of amides is 1. The second kappa shape index (κ2) is 3.82. The molecule has 1 fully saturated rings. The first-order valence-corrected chi connectivity index (χ1v) is 7.43. The molecule has 0 spiro atoms. The van der Waals surface area contributed by atoms with Crippen LogP contribution in [0.5, 0.6) is 0 Å². The van der Waals surface area contributed by atoms with Crippen LogP contribution in [0.4, 0.5) is 0 Å². The van der Waals surface area contributed by atoms with Gasteiger partial charge in [-0.1, -0.05) is 18.2 Å².